The fourth-order valence-corrected chi connectivity index (χ4v) is 8.69. The molecule has 8 nitrogen and oxygen atoms in total. The Morgan fingerprint density at radius 2 is 1.63 bits per heavy atom. The Morgan fingerprint density at radius 1 is 0.904 bits per heavy atom. The minimum atomic E-state index is -0.537. The van der Waals surface area contributed by atoms with Crippen molar-refractivity contribution in [1.29, 1.82) is 0 Å². The highest BCUT2D eigenvalue weighted by molar-refractivity contribution is 9.10. The molecule has 0 radical (unpaired) electrons. The fourth-order valence-electron chi connectivity index (χ4n) is 6.02. The van der Waals surface area contributed by atoms with Gasteiger partial charge in [0.25, 0.3) is 11.8 Å². The number of benzene rings is 4. The average Bonchev–Trinajstić information content (AvgIpc) is 3.52. The molecular formula is C41H36BrN3O5S2. The quantitative estimate of drug-likeness (QED) is 0.0699. The molecule has 0 saturated carbocycles. The summed E-state index contributed by atoms with van der Waals surface area (Å²) in [7, 11) is 1.36. The number of anilines is 2. The molecule has 3 N–H and O–H groups in total. The predicted molar refractivity (Wildman–Crippen MR) is 212 cm³/mol. The Morgan fingerprint density at radius 3 is 2.37 bits per heavy atom. The van der Waals surface area contributed by atoms with Gasteiger partial charge in [0.05, 0.1) is 17.9 Å². The molecule has 52 heavy (non-hydrogen) atoms. The van der Waals surface area contributed by atoms with Crippen LogP contribution in [0, 0.1) is 0 Å². The maximum atomic E-state index is 13.6. The van der Waals surface area contributed by atoms with E-state index in [2.05, 4.69) is 44.0 Å². The van der Waals surface area contributed by atoms with Crippen molar-refractivity contribution in [1.82, 2.24) is 5.32 Å². The lowest BCUT2D eigenvalue weighted by atomic mass is 9.83. The van der Waals surface area contributed by atoms with E-state index in [9.17, 15) is 19.2 Å². The van der Waals surface area contributed by atoms with Crippen molar-refractivity contribution >= 4 is 79.5 Å². The number of hydrogen-bond acceptors (Lipinski definition) is 7. The summed E-state index contributed by atoms with van der Waals surface area (Å²) in [5, 5.41) is 8.63. The molecule has 1 aromatic heterocycles. The first kappa shape index (κ1) is 36.8. The lowest BCUT2D eigenvalue weighted by Gasteiger charge is -2.22. The van der Waals surface area contributed by atoms with Crippen molar-refractivity contribution in [3.8, 4) is 0 Å². The van der Waals surface area contributed by atoms with Crippen molar-refractivity contribution in [2.24, 2.45) is 0 Å². The van der Waals surface area contributed by atoms with Crippen LogP contribution in [0.4, 0.5) is 10.7 Å². The average molecular weight is 795 g/mol. The minimum Gasteiger partial charge on any atom is -0.465 e. The number of hydrogen-bond donors (Lipinski definition) is 3. The fraction of sp³-hybridized carbons (Fsp3) is 0.171. The number of nitrogens with one attached hydrogen (secondary N) is 3. The molecule has 1 heterocycles. The molecule has 0 spiro atoms. The van der Waals surface area contributed by atoms with Crippen molar-refractivity contribution in [3.63, 3.8) is 0 Å². The Kier molecular flexibility index (Phi) is 12.1. The third kappa shape index (κ3) is 9.08. The van der Waals surface area contributed by atoms with E-state index in [0.29, 0.717) is 27.7 Å². The molecular weight excluding hydrogens is 759 g/mol. The number of methoxy groups -OCH3 is 1. The van der Waals surface area contributed by atoms with Gasteiger partial charge < -0.3 is 20.7 Å². The molecule has 5 aromatic rings. The first-order valence-corrected chi connectivity index (χ1v) is 19.2. The number of thioether (sulfide) groups is 1. The van der Waals surface area contributed by atoms with Gasteiger partial charge in [-0.3, -0.25) is 14.4 Å². The Balaban J connectivity index is 1.15. The van der Waals surface area contributed by atoms with E-state index in [-0.39, 0.29) is 11.6 Å². The van der Waals surface area contributed by atoms with Gasteiger partial charge >= 0.3 is 5.97 Å². The predicted octanol–water partition coefficient (Wildman–Crippen LogP) is 9.10. The van der Waals surface area contributed by atoms with Gasteiger partial charge in [-0.2, -0.15) is 0 Å². The number of carbonyl (C=O) groups excluding carboxylic acids is 4. The largest absolute Gasteiger partial charge is 0.465 e. The summed E-state index contributed by atoms with van der Waals surface area (Å²) < 4.78 is 5.97. The molecule has 1 aliphatic carbocycles. The van der Waals surface area contributed by atoms with Crippen LogP contribution in [-0.2, 0) is 27.2 Å². The normalized spacial score (nSPS) is 14.4. The van der Waals surface area contributed by atoms with Gasteiger partial charge in [0.2, 0.25) is 5.91 Å². The summed E-state index contributed by atoms with van der Waals surface area (Å²) in [5.41, 5.74) is 4.35. The van der Waals surface area contributed by atoms with Gasteiger partial charge in [0.1, 0.15) is 10.7 Å². The smallest absolute Gasteiger partial charge is 0.341 e. The van der Waals surface area contributed by atoms with Crippen LogP contribution in [-0.4, -0.2) is 36.1 Å². The van der Waals surface area contributed by atoms with Crippen molar-refractivity contribution in [2.45, 2.75) is 42.2 Å². The van der Waals surface area contributed by atoms with Crippen LogP contribution >= 0.6 is 39.0 Å². The molecule has 0 bridgehead atoms. The zero-order valence-electron chi connectivity index (χ0n) is 28.5. The molecule has 0 saturated heterocycles. The van der Waals surface area contributed by atoms with Crippen LogP contribution in [0.15, 0.2) is 124 Å². The van der Waals surface area contributed by atoms with E-state index in [4.69, 9.17) is 4.74 Å². The summed E-state index contributed by atoms with van der Waals surface area (Å²) in [6.45, 7) is 1.79. The molecule has 0 aliphatic heterocycles. The van der Waals surface area contributed by atoms with Crippen LogP contribution in [0.2, 0.25) is 0 Å². The Bertz CT molecular complexity index is 2130. The van der Waals surface area contributed by atoms with Gasteiger partial charge in [-0.25, -0.2) is 4.79 Å². The van der Waals surface area contributed by atoms with Crippen LogP contribution < -0.4 is 16.0 Å². The molecule has 2 unspecified atom stereocenters. The van der Waals surface area contributed by atoms with Gasteiger partial charge in [-0.15, -0.1) is 23.1 Å². The van der Waals surface area contributed by atoms with E-state index < -0.39 is 23.0 Å². The van der Waals surface area contributed by atoms with Crippen molar-refractivity contribution in [3.05, 3.63) is 152 Å². The molecule has 4 aromatic carbocycles. The van der Waals surface area contributed by atoms with E-state index in [1.807, 2.05) is 54.6 Å². The summed E-state index contributed by atoms with van der Waals surface area (Å²) in [6, 6.07) is 33.6. The maximum Gasteiger partial charge on any atom is 0.341 e. The summed E-state index contributed by atoms with van der Waals surface area (Å²) in [5.74, 6) is -1.30. The van der Waals surface area contributed by atoms with Crippen LogP contribution in [0.25, 0.3) is 6.08 Å². The highest BCUT2D eigenvalue weighted by atomic mass is 79.9. The number of thiophene rings is 1. The van der Waals surface area contributed by atoms with E-state index in [0.717, 1.165) is 44.6 Å². The van der Waals surface area contributed by atoms with E-state index >= 15 is 0 Å². The van der Waals surface area contributed by atoms with Gasteiger partial charge in [-0.1, -0.05) is 82.7 Å². The highest BCUT2D eigenvalue weighted by Gasteiger charge is 2.31. The Hall–Kier alpha value is -4.97. The third-order valence-electron chi connectivity index (χ3n) is 8.62. The van der Waals surface area contributed by atoms with E-state index in [1.165, 1.54) is 35.8 Å². The van der Waals surface area contributed by atoms with Crippen molar-refractivity contribution < 1.29 is 23.9 Å². The van der Waals surface area contributed by atoms with Crippen LogP contribution in [0.3, 0.4) is 0 Å². The summed E-state index contributed by atoms with van der Waals surface area (Å²) >= 11 is 6.22. The lowest BCUT2D eigenvalue weighted by Crippen LogP contribution is -2.30. The molecule has 0 fully saturated rings. The molecule has 3 amide bonds. The van der Waals surface area contributed by atoms with Gasteiger partial charge in [0, 0.05) is 25.5 Å². The zero-order valence-corrected chi connectivity index (χ0v) is 31.7. The number of esters is 1. The molecule has 11 heteroatoms. The summed E-state index contributed by atoms with van der Waals surface area (Å²) in [4.78, 5) is 55.0. The molecule has 1 aliphatic rings. The topological polar surface area (TPSA) is 114 Å². The number of rotatable bonds is 11. The van der Waals surface area contributed by atoms with E-state index in [1.54, 1.807) is 55.5 Å². The molecule has 2 atom stereocenters. The van der Waals surface area contributed by atoms with Gasteiger partial charge in [-0.05, 0) is 97.3 Å². The monoisotopic (exact) mass is 793 g/mol. The second-order valence-electron chi connectivity index (χ2n) is 12.2. The second-order valence-corrected chi connectivity index (χ2v) is 15.6. The van der Waals surface area contributed by atoms with Crippen LogP contribution in [0.1, 0.15) is 61.5 Å². The zero-order chi connectivity index (χ0) is 36.6. The van der Waals surface area contributed by atoms with Crippen molar-refractivity contribution in [2.75, 3.05) is 17.7 Å². The number of amides is 3. The SMILES string of the molecule is COC(=O)c1c(NC(=O)C(C)Sc2cccc(NC(=O)/C(=C\c3cccc(Br)c3)NC(=O)c3ccccc3)c2)sc2c1CCC(c1ccccc1)C2. The van der Waals surface area contributed by atoms with Crippen LogP contribution in [0.5, 0.6) is 0 Å². The van der Waals surface area contributed by atoms with Gasteiger partial charge in [0.15, 0.2) is 0 Å². The first-order valence-electron chi connectivity index (χ1n) is 16.7. The second kappa shape index (κ2) is 17.0. The third-order valence-corrected chi connectivity index (χ3v) is 11.4. The standard InChI is InChI=1S/C41H36BrN3O5S2/c1-25(37(46)45-40-36(41(49)50-2)33-20-19-29(23-35(33)52-40)27-12-5-3-6-13-27)51-32-18-10-17-31(24-32)43-39(48)34(22-26-11-9-16-30(42)21-26)44-38(47)28-14-7-4-8-15-28/h3-18,21-22,24-25,29H,19-20,23H2,1-2H3,(H,43,48)(H,44,47)(H,45,46)/b34-22+. The first-order chi connectivity index (χ1) is 25.2. The highest BCUT2D eigenvalue weighted by Crippen LogP contribution is 2.43. The lowest BCUT2D eigenvalue weighted by molar-refractivity contribution is -0.115. The maximum absolute atomic E-state index is 13.6. The number of fused-ring (bicyclic) bond motifs is 1. The number of ether oxygens (including phenoxy) is 1. The number of carbonyl (C=O) groups is 4. The molecule has 264 valence electrons. The summed E-state index contributed by atoms with van der Waals surface area (Å²) in [6.07, 6.45) is 4.04. The minimum absolute atomic E-state index is 0.0629. The Labute approximate surface area is 319 Å². The molecule has 6 rings (SSSR count). The number of halogens is 1.